The second-order valence-electron chi connectivity index (χ2n) is 8.20. The summed E-state index contributed by atoms with van der Waals surface area (Å²) >= 11 is 5.97. The Morgan fingerprint density at radius 1 is 1.29 bits per heavy atom. The molecule has 1 aliphatic carbocycles. The van der Waals surface area contributed by atoms with E-state index >= 15 is 0 Å². The van der Waals surface area contributed by atoms with Gasteiger partial charge in [-0.05, 0) is 36.5 Å². The number of fused-ring (bicyclic) bond motifs is 2. The zero-order valence-corrected chi connectivity index (χ0v) is 18.1. The maximum absolute atomic E-state index is 12.9. The number of rotatable bonds is 3. The van der Waals surface area contributed by atoms with Crippen LogP contribution in [0.4, 0.5) is 13.2 Å². The number of carbonyl (C=O) groups is 2. The number of halogens is 4. The van der Waals surface area contributed by atoms with Crippen molar-refractivity contribution < 1.29 is 27.9 Å². The number of carboxylic acid groups (broad SMARTS) is 1. The van der Waals surface area contributed by atoms with E-state index in [2.05, 4.69) is 24.0 Å². The summed E-state index contributed by atoms with van der Waals surface area (Å²) in [6.45, 7) is 5.04. The third-order valence-corrected chi connectivity index (χ3v) is 6.55. The number of likely N-dealkylation sites (tertiary alicyclic amines) is 1. The molecule has 4 rings (SSSR count). The van der Waals surface area contributed by atoms with Crippen molar-refractivity contribution in [3.8, 4) is 0 Å². The fourth-order valence-electron chi connectivity index (χ4n) is 4.84. The van der Waals surface area contributed by atoms with Crippen molar-refractivity contribution in [3.63, 3.8) is 0 Å². The van der Waals surface area contributed by atoms with Gasteiger partial charge in [0.15, 0.2) is 0 Å². The Morgan fingerprint density at radius 3 is 2.42 bits per heavy atom. The molecule has 1 saturated heterocycles. The molecule has 1 aromatic carbocycles. The van der Waals surface area contributed by atoms with Gasteiger partial charge in [0.05, 0.1) is 0 Å². The van der Waals surface area contributed by atoms with E-state index in [1.807, 2.05) is 19.2 Å². The molecule has 1 aromatic rings. The molecular weight excluding hydrogens is 435 g/mol. The van der Waals surface area contributed by atoms with Gasteiger partial charge < -0.3 is 10.0 Å². The van der Waals surface area contributed by atoms with Crippen LogP contribution in [0, 0.1) is 11.8 Å². The van der Waals surface area contributed by atoms with Crippen molar-refractivity contribution in [2.75, 3.05) is 20.1 Å². The number of hydrogen-bond donors (Lipinski definition) is 1. The zero-order chi connectivity index (χ0) is 23.0. The fourth-order valence-corrected chi connectivity index (χ4v) is 4.97. The molecule has 0 aromatic heterocycles. The van der Waals surface area contributed by atoms with E-state index in [-0.39, 0.29) is 5.91 Å². The van der Waals surface area contributed by atoms with E-state index in [9.17, 15) is 18.0 Å². The molecule has 0 radical (unpaired) electrons. The maximum Gasteiger partial charge on any atom is 0.490 e. The van der Waals surface area contributed by atoms with Gasteiger partial charge in [-0.3, -0.25) is 14.7 Å². The first-order valence-corrected chi connectivity index (χ1v) is 10.5. The molecule has 1 spiro atoms. The highest BCUT2D eigenvalue weighted by atomic mass is 35.5. The Labute approximate surface area is 183 Å². The third kappa shape index (κ3) is 4.72. The average molecular weight is 460 g/mol. The number of amidine groups is 1. The second-order valence-corrected chi connectivity index (χ2v) is 8.64. The van der Waals surface area contributed by atoms with Crippen LogP contribution < -0.4 is 0 Å². The number of likely N-dealkylation sites (N-methyl/N-ethyl adjacent to an activating group) is 1. The lowest BCUT2D eigenvalue weighted by Gasteiger charge is -2.27. The first-order chi connectivity index (χ1) is 14.5. The van der Waals surface area contributed by atoms with E-state index in [1.54, 1.807) is 4.90 Å². The smallest absolute Gasteiger partial charge is 0.475 e. The number of aliphatic carboxylic acids is 1. The Balaban J connectivity index is 0.000000339. The van der Waals surface area contributed by atoms with Crippen LogP contribution in [-0.4, -0.2) is 64.5 Å². The van der Waals surface area contributed by atoms with Crippen LogP contribution in [0.15, 0.2) is 29.3 Å². The van der Waals surface area contributed by atoms with Crippen molar-refractivity contribution in [2.24, 2.45) is 16.8 Å². The van der Waals surface area contributed by atoms with Crippen LogP contribution in [0.1, 0.15) is 31.7 Å². The monoisotopic (exact) mass is 459 g/mol. The van der Waals surface area contributed by atoms with E-state index < -0.39 is 17.7 Å². The lowest BCUT2D eigenvalue weighted by Crippen LogP contribution is -2.45. The van der Waals surface area contributed by atoms with Gasteiger partial charge in [0.2, 0.25) is 0 Å². The largest absolute Gasteiger partial charge is 0.490 e. The number of nitrogens with zero attached hydrogens (tertiary/aromatic N) is 3. The minimum Gasteiger partial charge on any atom is -0.475 e. The van der Waals surface area contributed by atoms with Gasteiger partial charge in [-0.25, -0.2) is 4.79 Å². The van der Waals surface area contributed by atoms with Crippen LogP contribution in [0.3, 0.4) is 0 Å². The standard InChI is InChI=1S/C19H24ClN3O.C2HF3O2/c1-3-17-21-19(18(24)22(17)2)9-8-14-11-23(12-16(14)19)10-13-4-6-15(20)7-5-13;3-2(4,5)1(6)7/h4-7,14,16H,3,8-12H2,1-2H3;(H,6,7)/t14-,16+,19-;/m1./s1. The molecule has 3 aliphatic rings. The van der Waals surface area contributed by atoms with Crippen molar-refractivity contribution >= 4 is 29.3 Å². The molecule has 0 unspecified atom stereocenters. The van der Waals surface area contributed by atoms with Crippen LogP contribution in [0.5, 0.6) is 0 Å². The highest BCUT2D eigenvalue weighted by molar-refractivity contribution is 6.30. The highest BCUT2D eigenvalue weighted by Crippen LogP contribution is 2.50. The maximum atomic E-state index is 12.9. The molecule has 170 valence electrons. The van der Waals surface area contributed by atoms with Crippen molar-refractivity contribution in [3.05, 3.63) is 34.9 Å². The molecule has 3 atom stereocenters. The third-order valence-electron chi connectivity index (χ3n) is 6.30. The predicted octanol–water partition coefficient (Wildman–Crippen LogP) is 3.83. The summed E-state index contributed by atoms with van der Waals surface area (Å²) in [7, 11) is 1.88. The predicted molar refractivity (Wildman–Crippen MR) is 110 cm³/mol. The van der Waals surface area contributed by atoms with Gasteiger partial charge in [0.25, 0.3) is 5.91 Å². The highest BCUT2D eigenvalue weighted by Gasteiger charge is 2.60. The van der Waals surface area contributed by atoms with Crippen LogP contribution in [-0.2, 0) is 16.1 Å². The minimum absolute atomic E-state index is 0.222. The number of carbonyl (C=O) groups excluding carboxylic acids is 1. The van der Waals surface area contributed by atoms with E-state index in [0.717, 1.165) is 49.8 Å². The van der Waals surface area contributed by atoms with Gasteiger partial charge in [-0.15, -0.1) is 0 Å². The average Bonchev–Trinajstić information content (AvgIpc) is 3.33. The van der Waals surface area contributed by atoms with E-state index in [4.69, 9.17) is 26.5 Å². The van der Waals surface area contributed by atoms with Crippen LogP contribution >= 0.6 is 11.6 Å². The second kappa shape index (κ2) is 8.78. The lowest BCUT2D eigenvalue weighted by atomic mass is 9.85. The summed E-state index contributed by atoms with van der Waals surface area (Å²) in [5, 5.41) is 7.90. The molecule has 31 heavy (non-hydrogen) atoms. The lowest BCUT2D eigenvalue weighted by molar-refractivity contribution is -0.192. The fraction of sp³-hybridized carbons (Fsp3) is 0.571. The normalized spacial score (nSPS) is 27.9. The summed E-state index contributed by atoms with van der Waals surface area (Å²) in [5.41, 5.74) is 0.806. The number of alkyl halides is 3. The van der Waals surface area contributed by atoms with Gasteiger partial charge >= 0.3 is 12.1 Å². The van der Waals surface area contributed by atoms with Crippen LogP contribution in [0.2, 0.25) is 5.02 Å². The van der Waals surface area contributed by atoms with Crippen LogP contribution in [0.25, 0.3) is 0 Å². The Bertz CT molecular complexity index is 875. The molecule has 1 saturated carbocycles. The SMILES string of the molecule is CCC1=N[C@@]2(CC[C@@H]3CN(Cc4ccc(Cl)cc4)C[C@@H]32)C(=O)N1C.O=C(O)C(F)(F)F. The molecular formula is C21H25ClF3N3O3. The number of carboxylic acids is 1. The number of hydrogen-bond acceptors (Lipinski definition) is 4. The first kappa shape index (κ1) is 23.5. The van der Waals surface area contributed by atoms with Gasteiger partial charge in [0.1, 0.15) is 11.4 Å². The van der Waals surface area contributed by atoms with Crippen molar-refractivity contribution in [1.29, 1.82) is 0 Å². The molecule has 2 aliphatic heterocycles. The summed E-state index contributed by atoms with van der Waals surface area (Å²) in [5.74, 6) is -0.622. The Morgan fingerprint density at radius 2 is 1.90 bits per heavy atom. The molecule has 10 heteroatoms. The van der Waals surface area contributed by atoms with Gasteiger partial charge in [0, 0.05) is 44.0 Å². The molecule has 1 amide bonds. The van der Waals surface area contributed by atoms with Crippen molar-refractivity contribution in [2.45, 2.75) is 44.4 Å². The molecule has 0 bridgehead atoms. The quantitative estimate of drug-likeness (QED) is 0.745. The molecule has 2 heterocycles. The van der Waals surface area contributed by atoms with Gasteiger partial charge in [-0.2, -0.15) is 13.2 Å². The summed E-state index contributed by atoms with van der Waals surface area (Å²) < 4.78 is 31.7. The summed E-state index contributed by atoms with van der Waals surface area (Å²) in [4.78, 5) is 31.0. The summed E-state index contributed by atoms with van der Waals surface area (Å²) in [6.07, 6.45) is -2.22. The number of amides is 1. The zero-order valence-electron chi connectivity index (χ0n) is 17.3. The van der Waals surface area contributed by atoms with E-state index in [0.29, 0.717) is 11.8 Å². The number of benzene rings is 1. The number of aliphatic imine (C=N–C) groups is 1. The molecule has 1 N–H and O–H groups in total. The minimum atomic E-state index is -5.08. The van der Waals surface area contributed by atoms with Crippen molar-refractivity contribution in [1.82, 2.24) is 9.80 Å². The Kier molecular flexibility index (Phi) is 6.67. The topological polar surface area (TPSA) is 73.2 Å². The molecule has 6 nitrogen and oxygen atoms in total. The van der Waals surface area contributed by atoms with Gasteiger partial charge in [-0.1, -0.05) is 30.7 Å². The summed E-state index contributed by atoms with van der Waals surface area (Å²) in [6, 6.07) is 8.08. The first-order valence-electron chi connectivity index (χ1n) is 10.1. The van der Waals surface area contributed by atoms with E-state index in [1.165, 1.54) is 5.56 Å². The molecule has 2 fully saturated rings. The Hall–Kier alpha value is -2.13.